The number of nitrogens with two attached hydrogens (primary N) is 1. The van der Waals surface area contributed by atoms with Crippen molar-refractivity contribution in [3.63, 3.8) is 0 Å². The maximum Gasteiger partial charge on any atom is 0.318 e. The second-order valence-corrected chi connectivity index (χ2v) is 2.36. The van der Waals surface area contributed by atoms with Crippen molar-refractivity contribution in [2.24, 2.45) is 10.7 Å². The minimum atomic E-state index is -0.214. The number of methoxy groups -OCH3 is 2. The lowest BCUT2D eigenvalue weighted by atomic mass is 10.5. The Kier molecular flexibility index (Phi) is 3.63. The number of aromatic nitrogens is 2. The lowest BCUT2D eigenvalue weighted by molar-refractivity contribution is 0.233. The quantitative estimate of drug-likeness (QED) is 0.349. The van der Waals surface area contributed by atoms with E-state index in [9.17, 15) is 0 Å². The summed E-state index contributed by atoms with van der Waals surface area (Å²) in [5.41, 5.74) is 6.93. The molecule has 0 saturated heterocycles. The number of hydroxylamine groups is 1. The molecule has 4 N–H and O–H groups in total. The van der Waals surface area contributed by atoms with Gasteiger partial charge in [-0.3, -0.25) is 5.21 Å². The van der Waals surface area contributed by atoms with Crippen LogP contribution in [0.5, 0.6) is 11.8 Å². The Morgan fingerprint density at radius 2 is 2.27 bits per heavy atom. The zero-order valence-electron chi connectivity index (χ0n) is 8.26. The molecule has 1 heterocycles. The number of ether oxygens (including phenoxy) is 2. The highest BCUT2D eigenvalue weighted by atomic mass is 16.5. The Bertz CT molecular complexity index is 368. The fourth-order valence-electron chi connectivity index (χ4n) is 0.808. The Morgan fingerprint density at radius 3 is 2.80 bits per heavy atom. The summed E-state index contributed by atoms with van der Waals surface area (Å²) in [6.07, 6.45) is 1.38. The maximum atomic E-state index is 8.46. The molecule has 0 amide bonds. The van der Waals surface area contributed by atoms with Crippen molar-refractivity contribution in [3.8, 4) is 11.8 Å². The molecule has 0 atom stereocenters. The van der Waals surface area contributed by atoms with Gasteiger partial charge in [0.25, 0.3) is 0 Å². The van der Waals surface area contributed by atoms with Crippen molar-refractivity contribution in [2.75, 3.05) is 14.2 Å². The normalized spacial score (nSPS) is 11.0. The number of guanidine groups is 1. The number of hydrogen-bond acceptors (Lipinski definition) is 6. The van der Waals surface area contributed by atoms with E-state index in [4.69, 9.17) is 20.4 Å². The SMILES string of the molecule is COc1ncc(OC)c(N=C(N)NO)n1. The van der Waals surface area contributed by atoms with Gasteiger partial charge in [-0.1, -0.05) is 0 Å². The van der Waals surface area contributed by atoms with Gasteiger partial charge in [0, 0.05) is 0 Å². The Balaban J connectivity index is 3.12. The van der Waals surface area contributed by atoms with Gasteiger partial charge in [0.05, 0.1) is 20.4 Å². The van der Waals surface area contributed by atoms with E-state index in [2.05, 4.69) is 15.0 Å². The molecule has 0 aliphatic rings. The minimum absolute atomic E-state index is 0.125. The van der Waals surface area contributed by atoms with Crippen molar-refractivity contribution in [1.29, 1.82) is 0 Å². The van der Waals surface area contributed by atoms with Gasteiger partial charge in [-0.25, -0.2) is 5.48 Å². The fourth-order valence-corrected chi connectivity index (χ4v) is 0.808. The van der Waals surface area contributed by atoms with E-state index < -0.39 is 0 Å². The average molecular weight is 213 g/mol. The Labute approximate surface area is 85.7 Å². The van der Waals surface area contributed by atoms with E-state index in [-0.39, 0.29) is 17.8 Å². The maximum absolute atomic E-state index is 8.46. The van der Waals surface area contributed by atoms with Gasteiger partial charge in [0.15, 0.2) is 5.75 Å². The van der Waals surface area contributed by atoms with Gasteiger partial charge in [-0.15, -0.1) is 0 Å². The number of rotatable bonds is 3. The first-order valence-electron chi connectivity index (χ1n) is 3.90. The largest absolute Gasteiger partial charge is 0.491 e. The highest BCUT2D eigenvalue weighted by molar-refractivity contribution is 5.79. The third kappa shape index (κ3) is 2.68. The topological polar surface area (TPSA) is 115 Å². The predicted octanol–water partition coefficient (Wildman–Crippen LogP) is -0.581. The molecule has 0 radical (unpaired) electrons. The molecule has 0 aromatic carbocycles. The second-order valence-electron chi connectivity index (χ2n) is 2.36. The van der Waals surface area contributed by atoms with Crippen LogP contribution in [-0.2, 0) is 0 Å². The zero-order valence-corrected chi connectivity index (χ0v) is 8.26. The lowest BCUT2D eigenvalue weighted by Gasteiger charge is -2.04. The molecular formula is C7H11N5O3. The van der Waals surface area contributed by atoms with Crippen LogP contribution >= 0.6 is 0 Å². The molecule has 0 unspecified atom stereocenters. The fraction of sp³-hybridized carbons (Fsp3) is 0.286. The summed E-state index contributed by atoms with van der Waals surface area (Å²) in [4.78, 5) is 11.4. The average Bonchev–Trinajstić information content (AvgIpc) is 2.28. The molecule has 8 nitrogen and oxygen atoms in total. The minimum Gasteiger partial charge on any atom is -0.491 e. The number of hydrogen-bond donors (Lipinski definition) is 3. The molecule has 0 aliphatic carbocycles. The lowest BCUT2D eigenvalue weighted by Crippen LogP contribution is -2.27. The Morgan fingerprint density at radius 1 is 1.53 bits per heavy atom. The van der Waals surface area contributed by atoms with Crippen molar-refractivity contribution in [3.05, 3.63) is 6.20 Å². The molecule has 15 heavy (non-hydrogen) atoms. The third-order valence-corrected chi connectivity index (χ3v) is 1.46. The number of nitrogens with one attached hydrogen (secondary N) is 1. The second kappa shape index (κ2) is 4.96. The molecule has 8 heteroatoms. The molecule has 0 saturated carbocycles. The first-order valence-corrected chi connectivity index (χ1v) is 3.90. The van der Waals surface area contributed by atoms with Gasteiger partial charge in [0.1, 0.15) is 0 Å². The van der Waals surface area contributed by atoms with E-state index >= 15 is 0 Å². The molecule has 1 aromatic rings. The highest BCUT2D eigenvalue weighted by Crippen LogP contribution is 2.24. The summed E-state index contributed by atoms with van der Waals surface area (Å²) in [6, 6.07) is 0.125. The molecule has 1 rings (SSSR count). The van der Waals surface area contributed by atoms with E-state index in [0.717, 1.165) is 0 Å². The van der Waals surface area contributed by atoms with Crippen LogP contribution in [-0.4, -0.2) is 35.4 Å². The molecule has 1 aromatic heterocycles. The zero-order chi connectivity index (χ0) is 11.3. The van der Waals surface area contributed by atoms with Crippen molar-refractivity contribution in [1.82, 2.24) is 15.4 Å². The molecule has 0 spiro atoms. The Hall–Kier alpha value is -2.09. The van der Waals surface area contributed by atoms with Crippen LogP contribution in [0.4, 0.5) is 5.82 Å². The van der Waals surface area contributed by atoms with Crippen molar-refractivity contribution >= 4 is 11.8 Å². The summed E-state index contributed by atoms with van der Waals surface area (Å²) < 4.78 is 9.74. The number of aliphatic imine (C=N–C) groups is 1. The predicted molar refractivity (Wildman–Crippen MR) is 51.3 cm³/mol. The monoisotopic (exact) mass is 213 g/mol. The summed E-state index contributed by atoms with van der Waals surface area (Å²) in [6.45, 7) is 0. The van der Waals surface area contributed by atoms with Crippen molar-refractivity contribution in [2.45, 2.75) is 0 Å². The summed E-state index contributed by atoms with van der Waals surface area (Å²) in [5.74, 6) is 0.256. The summed E-state index contributed by atoms with van der Waals surface area (Å²) in [5, 5.41) is 8.46. The van der Waals surface area contributed by atoms with Crippen LogP contribution in [0.25, 0.3) is 0 Å². The van der Waals surface area contributed by atoms with Crippen molar-refractivity contribution < 1.29 is 14.7 Å². The van der Waals surface area contributed by atoms with E-state index in [1.54, 1.807) is 5.48 Å². The highest BCUT2D eigenvalue weighted by Gasteiger charge is 2.07. The number of nitrogens with zero attached hydrogens (tertiary/aromatic N) is 3. The first-order chi connectivity index (χ1) is 7.21. The van der Waals surface area contributed by atoms with Crippen LogP contribution in [0.15, 0.2) is 11.2 Å². The molecule has 0 bridgehead atoms. The van der Waals surface area contributed by atoms with Gasteiger partial charge < -0.3 is 15.2 Å². The van der Waals surface area contributed by atoms with Crippen LogP contribution in [0.1, 0.15) is 0 Å². The van der Waals surface area contributed by atoms with E-state index in [1.165, 1.54) is 20.4 Å². The smallest absolute Gasteiger partial charge is 0.318 e. The standard InChI is InChI=1S/C7H11N5O3/c1-14-4-3-9-7(15-2)11-5(4)10-6(8)12-13/h3,13H,1-2H3,(H3,8,9,10,11,12). The summed E-state index contributed by atoms with van der Waals surface area (Å²) in [7, 11) is 2.86. The third-order valence-electron chi connectivity index (χ3n) is 1.46. The van der Waals surface area contributed by atoms with Gasteiger partial charge >= 0.3 is 6.01 Å². The first kappa shape index (κ1) is 11.0. The van der Waals surface area contributed by atoms with Gasteiger partial charge in [0.2, 0.25) is 11.8 Å². The molecular weight excluding hydrogens is 202 g/mol. The summed E-state index contributed by atoms with van der Waals surface area (Å²) >= 11 is 0. The van der Waals surface area contributed by atoms with Crippen LogP contribution in [0.3, 0.4) is 0 Å². The van der Waals surface area contributed by atoms with Crippen LogP contribution in [0.2, 0.25) is 0 Å². The molecule has 0 aliphatic heterocycles. The van der Waals surface area contributed by atoms with Crippen LogP contribution in [0, 0.1) is 0 Å². The van der Waals surface area contributed by atoms with Gasteiger partial charge in [-0.05, 0) is 0 Å². The van der Waals surface area contributed by atoms with E-state index in [1.807, 2.05) is 0 Å². The van der Waals surface area contributed by atoms with E-state index in [0.29, 0.717) is 5.75 Å². The van der Waals surface area contributed by atoms with Crippen LogP contribution < -0.4 is 20.7 Å². The molecule has 82 valence electrons. The van der Waals surface area contributed by atoms with Gasteiger partial charge in [-0.2, -0.15) is 15.0 Å². The molecule has 0 fully saturated rings.